The van der Waals surface area contributed by atoms with E-state index in [0.29, 0.717) is 23.8 Å². The number of carbonyl (C=O) groups excluding carboxylic acids is 2. The van der Waals surface area contributed by atoms with E-state index in [1.807, 2.05) is 6.07 Å². The first kappa shape index (κ1) is 24.2. The van der Waals surface area contributed by atoms with Crippen molar-refractivity contribution in [3.8, 4) is 0 Å². The lowest BCUT2D eigenvalue weighted by Gasteiger charge is -2.60. The maximum atomic E-state index is 13.3. The highest BCUT2D eigenvalue weighted by atomic mass is 32.2. The number of benzene rings is 1. The van der Waals surface area contributed by atoms with Crippen LogP contribution in [0.15, 0.2) is 35.2 Å². The molecule has 1 aromatic carbocycles. The van der Waals surface area contributed by atoms with E-state index in [1.54, 1.807) is 11.8 Å². The molecule has 8 unspecified atom stereocenters. The number of hydrogen-bond donors (Lipinski definition) is 2. The third kappa shape index (κ3) is 4.10. The Bertz CT molecular complexity index is 943. The minimum Gasteiger partial charge on any atom is -0.352 e. The summed E-state index contributed by atoms with van der Waals surface area (Å²) in [6.07, 6.45) is 7.75. The summed E-state index contributed by atoms with van der Waals surface area (Å²) in [7, 11) is 0. The number of thioether (sulfide) groups is 1. The fraction of sp³-hybridized carbons (Fsp3) is 0.724. The van der Waals surface area contributed by atoms with E-state index in [0.717, 1.165) is 25.7 Å². The minimum atomic E-state index is -0.181. The van der Waals surface area contributed by atoms with E-state index in [2.05, 4.69) is 69.5 Å². The Morgan fingerprint density at radius 3 is 2.41 bits per heavy atom. The zero-order valence-corrected chi connectivity index (χ0v) is 22.3. The van der Waals surface area contributed by atoms with Crippen molar-refractivity contribution in [3.05, 3.63) is 30.3 Å². The predicted molar refractivity (Wildman–Crippen MR) is 138 cm³/mol. The largest absolute Gasteiger partial charge is 0.352 e. The van der Waals surface area contributed by atoms with Crippen LogP contribution in [0.2, 0.25) is 0 Å². The van der Waals surface area contributed by atoms with E-state index < -0.39 is 0 Å². The minimum absolute atomic E-state index is 0.0235. The lowest BCUT2D eigenvalue weighted by molar-refractivity contribution is -0.141. The average Bonchev–Trinajstić information content (AvgIpc) is 3.12. The predicted octanol–water partition coefficient (Wildman–Crippen LogP) is 5.81. The first-order chi connectivity index (χ1) is 16.0. The summed E-state index contributed by atoms with van der Waals surface area (Å²) in [6.45, 7) is 11.1. The highest BCUT2D eigenvalue weighted by molar-refractivity contribution is 8.00. The molecule has 5 rings (SSSR count). The SMILES string of the molecule is CC(C)(C)NC(=O)C1CCC2C3CCC4NC(=O)C(Sc5ccccc5)CC4(C)C3CCC12C. The average molecular weight is 483 g/mol. The van der Waals surface area contributed by atoms with Crippen LogP contribution < -0.4 is 10.6 Å². The van der Waals surface area contributed by atoms with Crippen LogP contribution in [0, 0.1) is 34.5 Å². The molecule has 4 aliphatic rings. The molecule has 4 fully saturated rings. The fourth-order valence-electron chi connectivity index (χ4n) is 8.39. The van der Waals surface area contributed by atoms with Crippen LogP contribution in [-0.2, 0) is 9.59 Å². The van der Waals surface area contributed by atoms with Gasteiger partial charge >= 0.3 is 0 Å². The topological polar surface area (TPSA) is 58.2 Å². The Labute approximate surface area is 209 Å². The number of nitrogens with one attached hydrogen (secondary N) is 2. The zero-order chi connectivity index (χ0) is 24.3. The highest BCUT2D eigenvalue weighted by Crippen LogP contribution is 2.66. The summed E-state index contributed by atoms with van der Waals surface area (Å²) in [5.41, 5.74) is 0.0617. The molecule has 0 spiro atoms. The van der Waals surface area contributed by atoms with Gasteiger partial charge in [-0.3, -0.25) is 9.59 Å². The molecule has 1 aliphatic heterocycles. The van der Waals surface area contributed by atoms with Crippen molar-refractivity contribution in [2.45, 2.75) is 101 Å². The molecule has 3 aliphatic carbocycles. The number of rotatable bonds is 3. The van der Waals surface area contributed by atoms with Crippen LogP contribution in [0.1, 0.15) is 79.6 Å². The van der Waals surface area contributed by atoms with E-state index in [-0.39, 0.29) is 39.4 Å². The van der Waals surface area contributed by atoms with Crippen molar-refractivity contribution in [2.24, 2.45) is 34.5 Å². The van der Waals surface area contributed by atoms with E-state index in [9.17, 15) is 9.59 Å². The van der Waals surface area contributed by atoms with Crippen LogP contribution in [0.5, 0.6) is 0 Å². The molecule has 0 radical (unpaired) electrons. The molecule has 1 heterocycles. The summed E-state index contributed by atoms with van der Waals surface area (Å²) in [5, 5.41) is 6.73. The normalized spacial score (nSPS) is 41.6. The summed E-state index contributed by atoms with van der Waals surface area (Å²) in [4.78, 5) is 27.5. The van der Waals surface area contributed by atoms with Gasteiger partial charge in [0.15, 0.2) is 0 Å². The summed E-state index contributed by atoms with van der Waals surface area (Å²) < 4.78 is 0. The Morgan fingerprint density at radius 1 is 1.00 bits per heavy atom. The van der Waals surface area contributed by atoms with Crippen LogP contribution in [0.25, 0.3) is 0 Å². The van der Waals surface area contributed by atoms with Crippen molar-refractivity contribution >= 4 is 23.6 Å². The molecule has 2 amide bonds. The molecule has 4 nitrogen and oxygen atoms in total. The Hall–Kier alpha value is -1.49. The van der Waals surface area contributed by atoms with Crippen molar-refractivity contribution < 1.29 is 9.59 Å². The van der Waals surface area contributed by atoms with Gasteiger partial charge < -0.3 is 10.6 Å². The molecular formula is C29H42N2O2S. The standard InChI is InChI=1S/C29H42N2O2S/c1-27(2,3)31-25(32)22-13-12-20-19-11-14-24-29(5,21(19)15-16-28(20,22)4)17-23(26(33)30-24)34-18-9-7-6-8-10-18/h6-10,19-24H,11-17H2,1-5H3,(H,30,33)(H,31,32). The number of hydrogen-bond acceptors (Lipinski definition) is 3. The van der Waals surface area contributed by atoms with Crippen LogP contribution in [-0.4, -0.2) is 28.6 Å². The van der Waals surface area contributed by atoms with Gasteiger partial charge in [0.2, 0.25) is 11.8 Å². The molecule has 1 aromatic rings. The molecular weight excluding hydrogens is 440 g/mol. The maximum absolute atomic E-state index is 13.3. The molecule has 5 heteroatoms. The van der Waals surface area contributed by atoms with Crippen molar-refractivity contribution in [2.75, 3.05) is 0 Å². The fourth-order valence-corrected chi connectivity index (χ4v) is 9.65. The maximum Gasteiger partial charge on any atom is 0.233 e. The van der Waals surface area contributed by atoms with Gasteiger partial charge in [-0.05, 0) is 106 Å². The molecule has 8 atom stereocenters. The van der Waals surface area contributed by atoms with Crippen LogP contribution in [0.4, 0.5) is 0 Å². The molecule has 0 aromatic heterocycles. The second-order valence-electron chi connectivity index (χ2n) is 13.1. The lowest BCUT2D eigenvalue weighted by atomic mass is 9.47. The molecule has 0 bridgehead atoms. The van der Waals surface area contributed by atoms with Crippen molar-refractivity contribution in [1.82, 2.24) is 10.6 Å². The number of fused-ring (bicyclic) bond motifs is 5. The smallest absolute Gasteiger partial charge is 0.233 e. The molecule has 1 saturated heterocycles. The second-order valence-corrected chi connectivity index (χ2v) is 14.3. The third-order valence-electron chi connectivity index (χ3n) is 9.94. The van der Waals surface area contributed by atoms with Crippen molar-refractivity contribution in [3.63, 3.8) is 0 Å². The van der Waals surface area contributed by atoms with Crippen LogP contribution in [0.3, 0.4) is 0 Å². The monoisotopic (exact) mass is 482 g/mol. The summed E-state index contributed by atoms with van der Waals surface area (Å²) >= 11 is 1.73. The quantitative estimate of drug-likeness (QED) is 0.572. The lowest BCUT2D eigenvalue weighted by Crippen LogP contribution is -2.64. The highest BCUT2D eigenvalue weighted by Gasteiger charge is 2.62. The van der Waals surface area contributed by atoms with E-state index in [1.165, 1.54) is 24.2 Å². The summed E-state index contributed by atoms with van der Waals surface area (Å²) in [5.74, 6) is 2.54. The van der Waals surface area contributed by atoms with Gasteiger partial charge in [0, 0.05) is 22.4 Å². The van der Waals surface area contributed by atoms with Gasteiger partial charge in [-0.25, -0.2) is 0 Å². The Kier molecular flexibility index (Phi) is 6.10. The first-order valence-corrected chi connectivity index (χ1v) is 14.2. The van der Waals surface area contributed by atoms with Gasteiger partial charge in [-0.15, -0.1) is 11.8 Å². The first-order valence-electron chi connectivity index (χ1n) is 13.4. The van der Waals surface area contributed by atoms with Gasteiger partial charge in [0.25, 0.3) is 0 Å². The van der Waals surface area contributed by atoms with Gasteiger partial charge in [-0.1, -0.05) is 32.0 Å². The van der Waals surface area contributed by atoms with Crippen molar-refractivity contribution in [1.29, 1.82) is 0 Å². The van der Waals surface area contributed by atoms with Gasteiger partial charge in [0.1, 0.15) is 0 Å². The number of piperidine rings is 1. The number of carbonyl (C=O) groups is 2. The van der Waals surface area contributed by atoms with Crippen LogP contribution >= 0.6 is 11.8 Å². The Morgan fingerprint density at radius 2 is 1.71 bits per heavy atom. The third-order valence-corrected chi connectivity index (χ3v) is 11.1. The van der Waals surface area contributed by atoms with Gasteiger partial charge in [0.05, 0.1) is 5.25 Å². The van der Waals surface area contributed by atoms with Gasteiger partial charge in [-0.2, -0.15) is 0 Å². The second kappa shape index (κ2) is 8.57. The molecule has 186 valence electrons. The summed E-state index contributed by atoms with van der Waals surface area (Å²) in [6, 6.07) is 10.7. The van der Waals surface area contributed by atoms with E-state index in [4.69, 9.17) is 0 Å². The zero-order valence-electron chi connectivity index (χ0n) is 21.5. The molecule has 34 heavy (non-hydrogen) atoms. The molecule has 2 N–H and O–H groups in total. The Balaban J connectivity index is 1.36. The number of amides is 2. The molecule has 3 saturated carbocycles. The van der Waals surface area contributed by atoms with E-state index >= 15 is 0 Å².